The summed E-state index contributed by atoms with van der Waals surface area (Å²) in [5.41, 5.74) is 0. The zero-order valence-electron chi connectivity index (χ0n) is 10.3. The number of carbonyl (C=O) groups is 2. The van der Waals surface area contributed by atoms with E-state index >= 15 is 0 Å². The van der Waals surface area contributed by atoms with Crippen molar-refractivity contribution in [2.45, 2.75) is 26.4 Å². The molecule has 1 fully saturated rings. The number of hydrogen-bond acceptors (Lipinski definition) is 4. The largest absolute Gasteiger partial charge is 0.465 e. The number of likely N-dealkylation sites (tertiary alicyclic amines) is 1. The van der Waals surface area contributed by atoms with Gasteiger partial charge >= 0.3 is 12.0 Å². The second-order valence-electron chi connectivity index (χ2n) is 4.24. The lowest BCUT2D eigenvalue weighted by atomic mass is 9.96. The molecular formula is C11H20N2O4. The molecule has 0 aliphatic carbocycles. The molecule has 1 rings (SSSR count). The van der Waals surface area contributed by atoms with Crippen LogP contribution in [0, 0.1) is 5.92 Å². The van der Waals surface area contributed by atoms with Crippen molar-refractivity contribution in [3.63, 3.8) is 0 Å². The molecule has 17 heavy (non-hydrogen) atoms. The maximum absolute atomic E-state index is 11.7. The second kappa shape index (κ2) is 6.44. The van der Waals surface area contributed by atoms with Gasteiger partial charge in [0.2, 0.25) is 0 Å². The van der Waals surface area contributed by atoms with Gasteiger partial charge in [-0.1, -0.05) is 6.92 Å². The number of ether oxygens (including phenoxy) is 1. The van der Waals surface area contributed by atoms with E-state index in [0.717, 1.165) is 6.42 Å². The van der Waals surface area contributed by atoms with Crippen LogP contribution in [-0.4, -0.2) is 54.4 Å². The maximum Gasteiger partial charge on any atom is 0.325 e. The number of esters is 1. The third kappa shape index (κ3) is 4.22. The molecule has 2 N–H and O–H groups in total. The molecule has 1 aliphatic rings. The van der Waals surface area contributed by atoms with E-state index in [1.54, 1.807) is 6.92 Å². The van der Waals surface area contributed by atoms with Gasteiger partial charge in [0.1, 0.15) is 6.54 Å². The van der Waals surface area contributed by atoms with Gasteiger partial charge in [0.25, 0.3) is 0 Å². The molecular weight excluding hydrogens is 224 g/mol. The number of rotatable bonds is 3. The lowest BCUT2D eigenvalue weighted by molar-refractivity contribution is -0.141. The number of carbonyl (C=O) groups excluding carboxylic acids is 2. The van der Waals surface area contributed by atoms with Crippen LogP contribution in [0.4, 0.5) is 4.79 Å². The summed E-state index contributed by atoms with van der Waals surface area (Å²) in [5.74, 6) is -0.240. The normalized spacial score (nSPS) is 24.3. The fourth-order valence-corrected chi connectivity index (χ4v) is 1.70. The predicted octanol–water partition coefficient (Wildman–Crippen LogP) is -0.0382. The number of aliphatic hydroxyl groups excluding tert-OH is 1. The number of β-amino-alcohol motifs (C(OH)–C–C–N with tert-alkyl or cyclic N) is 1. The highest BCUT2D eigenvalue weighted by atomic mass is 16.5. The molecule has 1 saturated heterocycles. The number of piperidine rings is 1. The van der Waals surface area contributed by atoms with Crippen molar-refractivity contribution in [2.24, 2.45) is 5.92 Å². The van der Waals surface area contributed by atoms with E-state index in [4.69, 9.17) is 4.74 Å². The summed E-state index contributed by atoms with van der Waals surface area (Å²) < 4.78 is 4.70. The smallest absolute Gasteiger partial charge is 0.325 e. The molecule has 6 heteroatoms. The molecule has 1 heterocycles. The number of nitrogens with one attached hydrogen (secondary N) is 1. The Kier molecular flexibility index (Phi) is 5.21. The number of aliphatic hydroxyl groups is 1. The molecule has 0 aromatic rings. The average Bonchev–Trinajstić information content (AvgIpc) is 2.30. The fourth-order valence-electron chi connectivity index (χ4n) is 1.70. The first-order valence-corrected chi connectivity index (χ1v) is 5.91. The molecule has 98 valence electrons. The standard InChI is InChI=1S/C11H20N2O4/c1-3-17-10(15)6-12-11(16)13-5-4-8(2)9(14)7-13/h8-9,14H,3-7H2,1-2H3,(H,12,16). The maximum atomic E-state index is 11.7. The highest BCUT2D eigenvalue weighted by molar-refractivity contribution is 5.80. The van der Waals surface area contributed by atoms with Gasteiger partial charge in [-0.05, 0) is 19.3 Å². The number of nitrogens with zero attached hydrogens (tertiary/aromatic N) is 1. The molecule has 0 aromatic heterocycles. The Morgan fingerprint density at radius 3 is 2.82 bits per heavy atom. The van der Waals surface area contributed by atoms with Gasteiger partial charge in [-0.15, -0.1) is 0 Å². The van der Waals surface area contributed by atoms with Crippen molar-refractivity contribution in [2.75, 3.05) is 26.2 Å². The van der Waals surface area contributed by atoms with Crippen LogP contribution in [0.1, 0.15) is 20.3 Å². The number of hydrogen-bond donors (Lipinski definition) is 2. The van der Waals surface area contributed by atoms with Crippen molar-refractivity contribution in [3.05, 3.63) is 0 Å². The van der Waals surface area contributed by atoms with Crippen molar-refractivity contribution in [1.82, 2.24) is 10.2 Å². The molecule has 0 aromatic carbocycles. The van der Waals surface area contributed by atoms with Crippen LogP contribution in [0.15, 0.2) is 0 Å². The Balaban J connectivity index is 2.31. The van der Waals surface area contributed by atoms with E-state index in [1.807, 2.05) is 6.92 Å². The average molecular weight is 244 g/mol. The quantitative estimate of drug-likeness (QED) is 0.683. The molecule has 0 radical (unpaired) electrons. The van der Waals surface area contributed by atoms with Gasteiger partial charge in [0.05, 0.1) is 12.7 Å². The van der Waals surface area contributed by atoms with Crippen LogP contribution in [0.3, 0.4) is 0 Å². The van der Waals surface area contributed by atoms with Crippen LogP contribution in [0.25, 0.3) is 0 Å². The minimum absolute atomic E-state index is 0.130. The summed E-state index contributed by atoms with van der Waals surface area (Å²) in [6, 6.07) is -0.330. The zero-order chi connectivity index (χ0) is 12.8. The Bertz CT molecular complexity index is 283. The van der Waals surface area contributed by atoms with E-state index in [2.05, 4.69) is 5.32 Å². The summed E-state index contributed by atoms with van der Waals surface area (Å²) in [5, 5.41) is 12.1. The summed E-state index contributed by atoms with van der Waals surface area (Å²) in [6.07, 6.45) is 0.283. The predicted molar refractivity (Wildman–Crippen MR) is 61.4 cm³/mol. The van der Waals surface area contributed by atoms with Crippen LogP contribution in [-0.2, 0) is 9.53 Å². The van der Waals surface area contributed by atoms with Gasteiger partial charge < -0.3 is 20.1 Å². The van der Waals surface area contributed by atoms with Gasteiger partial charge in [-0.2, -0.15) is 0 Å². The number of amides is 2. The second-order valence-corrected chi connectivity index (χ2v) is 4.24. The van der Waals surface area contributed by atoms with Crippen LogP contribution < -0.4 is 5.32 Å². The van der Waals surface area contributed by atoms with E-state index in [1.165, 1.54) is 4.90 Å². The third-order valence-corrected chi connectivity index (χ3v) is 2.90. The van der Waals surface area contributed by atoms with Crippen molar-refractivity contribution >= 4 is 12.0 Å². The summed E-state index contributed by atoms with van der Waals surface area (Å²) >= 11 is 0. The van der Waals surface area contributed by atoms with E-state index in [0.29, 0.717) is 19.7 Å². The lowest BCUT2D eigenvalue weighted by Crippen LogP contribution is -2.50. The highest BCUT2D eigenvalue weighted by Crippen LogP contribution is 2.16. The molecule has 2 atom stereocenters. The van der Waals surface area contributed by atoms with Crippen molar-refractivity contribution < 1.29 is 19.4 Å². The Labute approximate surface area is 101 Å². The minimum Gasteiger partial charge on any atom is -0.465 e. The van der Waals surface area contributed by atoms with Crippen LogP contribution in [0.5, 0.6) is 0 Å². The molecule has 6 nitrogen and oxygen atoms in total. The molecule has 1 aliphatic heterocycles. The monoisotopic (exact) mass is 244 g/mol. The lowest BCUT2D eigenvalue weighted by Gasteiger charge is -2.34. The molecule has 0 saturated carbocycles. The van der Waals surface area contributed by atoms with Gasteiger partial charge in [-0.3, -0.25) is 4.79 Å². The molecule has 2 unspecified atom stereocenters. The molecule has 2 amide bonds. The van der Waals surface area contributed by atoms with Gasteiger partial charge in [0, 0.05) is 13.1 Å². The van der Waals surface area contributed by atoms with Crippen molar-refractivity contribution in [3.8, 4) is 0 Å². The summed E-state index contributed by atoms with van der Waals surface area (Å²) in [4.78, 5) is 24.2. The Morgan fingerprint density at radius 2 is 2.24 bits per heavy atom. The van der Waals surface area contributed by atoms with Gasteiger partial charge in [-0.25, -0.2) is 4.79 Å². The van der Waals surface area contributed by atoms with Crippen molar-refractivity contribution in [1.29, 1.82) is 0 Å². The highest BCUT2D eigenvalue weighted by Gasteiger charge is 2.27. The summed E-state index contributed by atoms with van der Waals surface area (Å²) in [7, 11) is 0. The SMILES string of the molecule is CCOC(=O)CNC(=O)N1CCC(C)C(O)C1. The topological polar surface area (TPSA) is 78.9 Å². The third-order valence-electron chi connectivity index (χ3n) is 2.90. The first-order valence-electron chi connectivity index (χ1n) is 5.91. The van der Waals surface area contributed by atoms with E-state index < -0.39 is 12.1 Å². The minimum atomic E-state index is -0.489. The van der Waals surface area contributed by atoms with Gasteiger partial charge in [0.15, 0.2) is 0 Å². The fraction of sp³-hybridized carbons (Fsp3) is 0.818. The summed E-state index contributed by atoms with van der Waals surface area (Å²) in [6.45, 7) is 4.76. The zero-order valence-corrected chi connectivity index (χ0v) is 10.3. The Hall–Kier alpha value is -1.30. The first kappa shape index (κ1) is 13.8. The molecule has 0 spiro atoms. The van der Waals surface area contributed by atoms with E-state index in [-0.39, 0.29) is 18.5 Å². The molecule has 0 bridgehead atoms. The van der Waals surface area contributed by atoms with Crippen LogP contribution in [0.2, 0.25) is 0 Å². The van der Waals surface area contributed by atoms with E-state index in [9.17, 15) is 14.7 Å². The Morgan fingerprint density at radius 1 is 1.53 bits per heavy atom. The number of urea groups is 1. The first-order chi connectivity index (χ1) is 8.04. The van der Waals surface area contributed by atoms with Crippen LogP contribution >= 0.6 is 0 Å².